The van der Waals surface area contributed by atoms with Crippen molar-refractivity contribution in [2.24, 2.45) is 0 Å². The molecule has 0 fully saturated rings. The minimum Gasteiger partial charge on any atom is -0.326 e. The first-order valence-electron chi connectivity index (χ1n) is 8.28. The van der Waals surface area contributed by atoms with Gasteiger partial charge in [0.2, 0.25) is 11.8 Å². The summed E-state index contributed by atoms with van der Waals surface area (Å²) in [4.78, 5) is 23.4. The van der Waals surface area contributed by atoms with E-state index in [9.17, 15) is 9.59 Å². The molecule has 3 aromatic rings. The third-order valence-corrected chi connectivity index (χ3v) is 4.54. The topological polar surface area (TPSA) is 88.9 Å². The van der Waals surface area contributed by atoms with E-state index in [1.54, 1.807) is 17.0 Å². The maximum atomic E-state index is 12.2. The van der Waals surface area contributed by atoms with Gasteiger partial charge in [0.15, 0.2) is 5.16 Å². The van der Waals surface area contributed by atoms with E-state index in [1.165, 1.54) is 18.7 Å². The van der Waals surface area contributed by atoms with Crippen molar-refractivity contribution in [3.8, 4) is 5.69 Å². The van der Waals surface area contributed by atoms with Gasteiger partial charge >= 0.3 is 0 Å². The molecule has 1 heterocycles. The van der Waals surface area contributed by atoms with E-state index in [4.69, 9.17) is 0 Å². The Kier molecular flexibility index (Phi) is 5.87. The van der Waals surface area contributed by atoms with Crippen LogP contribution in [0.25, 0.3) is 5.69 Å². The van der Waals surface area contributed by atoms with Crippen LogP contribution in [0.5, 0.6) is 0 Å². The Balaban J connectivity index is 1.67. The minimum atomic E-state index is -0.140. The molecule has 0 saturated carbocycles. The summed E-state index contributed by atoms with van der Waals surface area (Å²) in [6, 6.07) is 15.0. The van der Waals surface area contributed by atoms with E-state index in [1.807, 2.05) is 49.4 Å². The summed E-state index contributed by atoms with van der Waals surface area (Å²) >= 11 is 1.29. The highest BCUT2D eigenvalue weighted by Crippen LogP contribution is 2.22. The third-order valence-electron chi connectivity index (χ3n) is 3.60. The lowest BCUT2D eigenvalue weighted by Gasteiger charge is -2.09. The molecule has 27 heavy (non-hydrogen) atoms. The zero-order valence-corrected chi connectivity index (χ0v) is 15.8. The zero-order valence-electron chi connectivity index (χ0n) is 15.0. The van der Waals surface area contributed by atoms with Gasteiger partial charge in [-0.3, -0.25) is 14.2 Å². The maximum absolute atomic E-state index is 12.2. The van der Waals surface area contributed by atoms with Gasteiger partial charge in [-0.25, -0.2) is 0 Å². The van der Waals surface area contributed by atoms with Gasteiger partial charge in [0.25, 0.3) is 0 Å². The lowest BCUT2D eigenvalue weighted by molar-refractivity contribution is -0.114. The van der Waals surface area contributed by atoms with E-state index in [-0.39, 0.29) is 17.6 Å². The first kappa shape index (κ1) is 18.7. The second kappa shape index (κ2) is 8.50. The smallest absolute Gasteiger partial charge is 0.234 e. The molecule has 3 rings (SSSR count). The molecule has 0 radical (unpaired) electrons. The Labute approximate surface area is 161 Å². The molecule has 0 spiro atoms. The fourth-order valence-corrected chi connectivity index (χ4v) is 3.22. The van der Waals surface area contributed by atoms with Crippen LogP contribution in [0.1, 0.15) is 12.5 Å². The Morgan fingerprint density at radius 3 is 2.56 bits per heavy atom. The number of rotatable bonds is 6. The van der Waals surface area contributed by atoms with Crippen molar-refractivity contribution < 1.29 is 9.59 Å². The van der Waals surface area contributed by atoms with Crippen molar-refractivity contribution in [1.29, 1.82) is 0 Å². The number of aryl methyl sites for hydroxylation is 1. The molecule has 2 N–H and O–H groups in total. The Morgan fingerprint density at radius 1 is 1.07 bits per heavy atom. The first-order chi connectivity index (χ1) is 13.0. The number of nitrogens with one attached hydrogen (secondary N) is 2. The fraction of sp³-hybridized carbons (Fsp3) is 0.158. The molecule has 1 aromatic heterocycles. The molecular weight excluding hydrogens is 362 g/mol. The molecule has 0 bridgehead atoms. The molecule has 0 aliphatic carbocycles. The van der Waals surface area contributed by atoms with Crippen molar-refractivity contribution in [3.63, 3.8) is 0 Å². The number of aromatic nitrogens is 3. The molecule has 7 nitrogen and oxygen atoms in total. The van der Waals surface area contributed by atoms with Crippen LogP contribution in [-0.4, -0.2) is 32.3 Å². The van der Waals surface area contributed by atoms with Crippen LogP contribution in [-0.2, 0) is 9.59 Å². The van der Waals surface area contributed by atoms with E-state index >= 15 is 0 Å². The first-order valence-corrected chi connectivity index (χ1v) is 9.27. The third kappa shape index (κ3) is 5.18. The Bertz CT molecular complexity index is 970. The van der Waals surface area contributed by atoms with Gasteiger partial charge in [-0.2, -0.15) is 0 Å². The fourth-order valence-electron chi connectivity index (χ4n) is 2.49. The molecule has 2 aromatic carbocycles. The van der Waals surface area contributed by atoms with Gasteiger partial charge in [0, 0.05) is 18.3 Å². The van der Waals surface area contributed by atoms with Gasteiger partial charge in [-0.1, -0.05) is 30.0 Å². The van der Waals surface area contributed by atoms with Gasteiger partial charge in [0.05, 0.1) is 11.4 Å². The predicted molar refractivity (Wildman–Crippen MR) is 106 cm³/mol. The summed E-state index contributed by atoms with van der Waals surface area (Å²) in [7, 11) is 0. The standard InChI is InChI=1S/C19H19N5O2S/c1-13-5-3-6-15(9-13)22-18(26)11-27-19-23-20-12-24(19)17-8-4-7-16(10-17)21-14(2)25/h3-10,12H,11H2,1-2H3,(H,21,25)(H,22,26). The zero-order chi connectivity index (χ0) is 19.2. The number of carbonyl (C=O) groups is 2. The summed E-state index contributed by atoms with van der Waals surface area (Å²) in [6.07, 6.45) is 1.58. The van der Waals surface area contributed by atoms with Crippen LogP contribution in [0.3, 0.4) is 0 Å². The van der Waals surface area contributed by atoms with Gasteiger partial charge in [-0.15, -0.1) is 10.2 Å². The number of amides is 2. The van der Waals surface area contributed by atoms with Crippen LogP contribution in [0.2, 0.25) is 0 Å². The molecule has 138 valence electrons. The number of benzene rings is 2. The van der Waals surface area contributed by atoms with Crippen molar-refractivity contribution in [3.05, 3.63) is 60.4 Å². The van der Waals surface area contributed by atoms with Crippen molar-refractivity contribution in [2.75, 3.05) is 16.4 Å². The second-order valence-electron chi connectivity index (χ2n) is 5.92. The largest absolute Gasteiger partial charge is 0.326 e. The van der Waals surface area contributed by atoms with E-state index in [0.717, 1.165) is 16.9 Å². The molecule has 0 aliphatic heterocycles. The average molecular weight is 381 g/mol. The highest BCUT2D eigenvalue weighted by molar-refractivity contribution is 7.99. The molecular formula is C19H19N5O2S. The van der Waals surface area contributed by atoms with Crippen LogP contribution in [0.15, 0.2) is 60.0 Å². The number of carbonyl (C=O) groups excluding carboxylic acids is 2. The molecule has 0 atom stereocenters. The summed E-state index contributed by atoms with van der Waals surface area (Å²) < 4.78 is 1.77. The monoisotopic (exact) mass is 381 g/mol. The lowest BCUT2D eigenvalue weighted by Crippen LogP contribution is -2.14. The average Bonchev–Trinajstić information content (AvgIpc) is 3.08. The summed E-state index contributed by atoms with van der Waals surface area (Å²) in [6.45, 7) is 3.43. The van der Waals surface area contributed by atoms with Crippen molar-refractivity contribution in [2.45, 2.75) is 19.0 Å². The molecule has 0 aliphatic rings. The lowest BCUT2D eigenvalue weighted by atomic mass is 10.2. The summed E-state index contributed by atoms with van der Waals surface area (Å²) in [5.41, 5.74) is 3.33. The van der Waals surface area contributed by atoms with E-state index in [0.29, 0.717) is 10.8 Å². The normalized spacial score (nSPS) is 10.4. The molecule has 2 amide bonds. The van der Waals surface area contributed by atoms with Gasteiger partial charge < -0.3 is 10.6 Å². The Morgan fingerprint density at radius 2 is 1.81 bits per heavy atom. The predicted octanol–water partition coefficient (Wildman–Crippen LogP) is 3.26. The van der Waals surface area contributed by atoms with Crippen molar-refractivity contribution >= 4 is 35.0 Å². The number of anilines is 2. The minimum absolute atomic E-state index is 0.118. The summed E-state index contributed by atoms with van der Waals surface area (Å²) in [5.74, 6) is -0.0525. The molecule has 0 saturated heterocycles. The quantitative estimate of drug-likeness (QED) is 0.640. The molecule has 8 heteroatoms. The molecule has 0 unspecified atom stereocenters. The van der Waals surface area contributed by atoms with Gasteiger partial charge in [-0.05, 0) is 42.8 Å². The number of hydrogen-bond acceptors (Lipinski definition) is 5. The van der Waals surface area contributed by atoms with Crippen LogP contribution in [0.4, 0.5) is 11.4 Å². The van der Waals surface area contributed by atoms with Crippen molar-refractivity contribution in [1.82, 2.24) is 14.8 Å². The summed E-state index contributed by atoms with van der Waals surface area (Å²) in [5, 5.41) is 14.2. The van der Waals surface area contributed by atoms with E-state index < -0.39 is 0 Å². The van der Waals surface area contributed by atoms with Crippen LogP contribution in [0, 0.1) is 6.92 Å². The van der Waals surface area contributed by atoms with Crippen LogP contribution >= 0.6 is 11.8 Å². The van der Waals surface area contributed by atoms with Crippen LogP contribution < -0.4 is 10.6 Å². The SMILES string of the molecule is CC(=O)Nc1cccc(-n2cnnc2SCC(=O)Nc2cccc(C)c2)c1. The maximum Gasteiger partial charge on any atom is 0.234 e. The highest BCUT2D eigenvalue weighted by Gasteiger charge is 2.11. The van der Waals surface area contributed by atoms with E-state index in [2.05, 4.69) is 20.8 Å². The number of hydrogen-bond donors (Lipinski definition) is 2. The highest BCUT2D eigenvalue weighted by atomic mass is 32.2. The second-order valence-corrected chi connectivity index (χ2v) is 6.86. The number of thioether (sulfide) groups is 1. The number of nitrogens with zero attached hydrogens (tertiary/aromatic N) is 3. The Hall–Kier alpha value is -3.13. The van der Waals surface area contributed by atoms with Gasteiger partial charge in [0.1, 0.15) is 6.33 Å².